The number of pyridine rings is 1. The van der Waals surface area contributed by atoms with Crippen LogP contribution in [0.3, 0.4) is 0 Å². The highest BCUT2D eigenvalue weighted by Gasteiger charge is 1.92. The van der Waals surface area contributed by atoms with Gasteiger partial charge >= 0.3 is 0 Å². The number of hydrogen-bond donors (Lipinski definition) is 1. The van der Waals surface area contributed by atoms with Gasteiger partial charge in [-0.1, -0.05) is 5.18 Å². The molecular weight excluding hydrogens is 132 g/mol. The van der Waals surface area contributed by atoms with Crippen molar-refractivity contribution in [3.8, 4) is 5.75 Å². The third-order valence-corrected chi connectivity index (χ3v) is 1.04. The van der Waals surface area contributed by atoms with Gasteiger partial charge in [-0.15, -0.1) is 0 Å². The van der Waals surface area contributed by atoms with Gasteiger partial charge in [-0.2, -0.15) is 4.91 Å². The third kappa shape index (κ3) is 1.51. The van der Waals surface area contributed by atoms with E-state index < -0.39 is 0 Å². The minimum Gasteiger partial charge on any atom is -0.506 e. The van der Waals surface area contributed by atoms with Crippen LogP contribution in [0.4, 0.5) is 0 Å². The summed E-state index contributed by atoms with van der Waals surface area (Å²) in [6.07, 6.45) is 1.28. The first-order chi connectivity index (χ1) is 4.83. The summed E-state index contributed by atoms with van der Waals surface area (Å²) in [5, 5.41) is 11.4. The molecule has 4 nitrogen and oxygen atoms in total. The Kier molecular flexibility index (Phi) is 1.94. The molecule has 52 valence electrons. The largest absolute Gasteiger partial charge is 0.506 e. The Labute approximate surface area is 57.5 Å². The Morgan fingerprint density at radius 1 is 1.60 bits per heavy atom. The van der Waals surface area contributed by atoms with E-state index in [1.807, 2.05) is 0 Å². The summed E-state index contributed by atoms with van der Waals surface area (Å²) < 4.78 is 0. The van der Waals surface area contributed by atoms with Crippen LogP contribution in [0.5, 0.6) is 5.75 Å². The van der Waals surface area contributed by atoms with Crippen molar-refractivity contribution in [2.45, 2.75) is 6.54 Å². The Hall–Kier alpha value is -1.45. The number of nitrogens with zero attached hydrogens (tertiary/aromatic N) is 2. The summed E-state index contributed by atoms with van der Waals surface area (Å²) in [5.41, 5.74) is 0.563. The van der Waals surface area contributed by atoms with Gasteiger partial charge in [-0.05, 0) is 12.1 Å². The second-order valence-corrected chi connectivity index (χ2v) is 1.79. The fourth-order valence-corrected chi connectivity index (χ4v) is 0.576. The van der Waals surface area contributed by atoms with Gasteiger partial charge in [-0.3, -0.25) is 4.98 Å². The fraction of sp³-hybridized carbons (Fsp3) is 0.167. The average Bonchev–Trinajstić information content (AvgIpc) is 1.95. The maximum atomic E-state index is 9.71. The molecule has 0 spiro atoms. The highest BCUT2D eigenvalue weighted by atomic mass is 16.3. The van der Waals surface area contributed by atoms with Crippen molar-refractivity contribution < 1.29 is 5.11 Å². The van der Waals surface area contributed by atoms with Crippen molar-refractivity contribution in [1.82, 2.24) is 4.98 Å². The minimum absolute atomic E-state index is 0.0558. The normalized spacial score (nSPS) is 9.20. The lowest BCUT2D eigenvalue weighted by atomic mass is 10.3. The van der Waals surface area contributed by atoms with Gasteiger partial charge in [0.05, 0.1) is 11.9 Å². The van der Waals surface area contributed by atoms with Crippen molar-refractivity contribution in [2.75, 3.05) is 0 Å². The lowest BCUT2D eigenvalue weighted by Gasteiger charge is -1.91. The Morgan fingerprint density at radius 3 is 2.90 bits per heavy atom. The van der Waals surface area contributed by atoms with Crippen LogP contribution in [0.15, 0.2) is 23.5 Å². The Bertz CT molecular complexity index is 220. The maximum absolute atomic E-state index is 9.71. The predicted molar refractivity (Wildman–Crippen MR) is 35.4 cm³/mol. The molecule has 0 amide bonds. The van der Waals surface area contributed by atoms with Crippen LogP contribution >= 0.6 is 0 Å². The Balaban J connectivity index is 2.78. The zero-order valence-electron chi connectivity index (χ0n) is 5.19. The molecule has 10 heavy (non-hydrogen) atoms. The summed E-state index contributed by atoms with van der Waals surface area (Å²) in [6, 6.07) is 3.02. The molecular formula is C6H6N2O2. The van der Waals surface area contributed by atoms with Crippen molar-refractivity contribution in [2.24, 2.45) is 5.18 Å². The van der Waals surface area contributed by atoms with Crippen LogP contribution in [-0.4, -0.2) is 10.1 Å². The molecule has 0 unspecified atom stereocenters. The summed E-state index contributed by atoms with van der Waals surface area (Å²) in [4.78, 5) is 13.4. The molecule has 0 aromatic carbocycles. The van der Waals surface area contributed by atoms with E-state index in [1.54, 1.807) is 6.07 Å². The van der Waals surface area contributed by atoms with Crippen molar-refractivity contribution in [1.29, 1.82) is 0 Å². The van der Waals surface area contributed by atoms with E-state index in [4.69, 9.17) is 5.11 Å². The van der Waals surface area contributed by atoms with Gasteiger partial charge in [0.15, 0.2) is 0 Å². The van der Waals surface area contributed by atoms with Crippen LogP contribution in [0, 0.1) is 4.91 Å². The van der Waals surface area contributed by atoms with Crippen LogP contribution < -0.4 is 0 Å². The maximum Gasteiger partial charge on any atom is 0.133 e. The molecule has 0 fully saturated rings. The van der Waals surface area contributed by atoms with Gasteiger partial charge in [0.25, 0.3) is 0 Å². The van der Waals surface area contributed by atoms with E-state index in [0.29, 0.717) is 5.69 Å². The van der Waals surface area contributed by atoms with E-state index in [1.165, 1.54) is 12.3 Å². The predicted octanol–water partition coefficient (Wildman–Crippen LogP) is 1.05. The molecule has 0 bridgehead atoms. The molecule has 1 rings (SSSR count). The molecule has 0 radical (unpaired) electrons. The standard InChI is InChI=1S/C6H6N2O2/c9-6-2-1-5(3-8-10)7-4-6/h1-2,4,9H,3H2. The minimum atomic E-state index is 0.0558. The van der Waals surface area contributed by atoms with Crippen LogP contribution in [0.2, 0.25) is 0 Å². The molecule has 0 aliphatic heterocycles. The van der Waals surface area contributed by atoms with E-state index in [0.717, 1.165) is 0 Å². The molecule has 1 aromatic heterocycles. The smallest absolute Gasteiger partial charge is 0.133 e. The molecule has 0 aliphatic carbocycles. The van der Waals surface area contributed by atoms with Gasteiger partial charge in [0, 0.05) is 0 Å². The first kappa shape index (κ1) is 6.67. The first-order valence-corrected chi connectivity index (χ1v) is 2.76. The number of hydrogen-bond acceptors (Lipinski definition) is 4. The summed E-state index contributed by atoms with van der Waals surface area (Å²) >= 11 is 0. The number of nitroso groups, excluding NO2 is 1. The first-order valence-electron chi connectivity index (χ1n) is 2.76. The highest BCUT2D eigenvalue weighted by Crippen LogP contribution is 2.05. The molecule has 4 heteroatoms. The van der Waals surface area contributed by atoms with Crippen LogP contribution in [0.1, 0.15) is 5.69 Å². The van der Waals surface area contributed by atoms with Gasteiger partial charge in [0.1, 0.15) is 12.3 Å². The molecule has 1 N–H and O–H groups in total. The second kappa shape index (κ2) is 2.91. The van der Waals surface area contributed by atoms with Crippen molar-refractivity contribution >= 4 is 0 Å². The highest BCUT2D eigenvalue weighted by molar-refractivity contribution is 5.17. The molecule has 0 saturated heterocycles. The van der Waals surface area contributed by atoms with Gasteiger partial charge in [-0.25, -0.2) is 0 Å². The summed E-state index contributed by atoms with van der Waals surface area (Å²) in [5.74, 6) is 0.0923. The fourth-order valence-electron chi connectivity index (χ4n) is 0.576. The van der Waals surface area contributed by atoms with Crippen molar-refractivity contribution in [3.63, 3.8) is 0 Å². The number of rotatable bonds is 2. The van der Waals surface area contributed by atoms with Crippen LogP contribution in [-0.2, 0) is 6.54 Å². The van der Waals surface area contributed by atoms with E-state index >= 15 is 0 Å². The number of aromatic hydroxyl groups is 1. The van der Waals surface area contributed by atoms with E-state index in [-0.39, 0.29) is 12.3 Å². The average molecular weight is 138 g/mol. The molecule has 0 atom stereocenters. The molecule has 0 saturated carbocycles. The lowest BCUT2D eigenvalue weighted by Crippen LogP contribution is -1.83. The Morgan fingerprint density at radius 2 is 2.40 bits per heavy atom. The zero-order chi connectivity index (χ0) is 7.40. The van der Waals surface area contributed by atoms with Crippen molar-refractivity contribution in [3.05, 3.63) is 28.9 Å². The quantitative estimate of drug-likeness (QED) is 0.621. The molecule has 0 aliphatic rings. The van der Waals surface area contributed by atoms with Gasteiger partial charge < -0.3 is 5.11 Å². The second-order valence-electron chi connectivity index (χ2n) is 1.79. The zero-order valence-corrected chi connectivity index (χ0v) is 5.19. The summed E-state index contributed by atoms with van der Waals surface area (Å²) in [6.45, 7) is 0.0558. The van der Waals surface area contributed by atoms with Crippen LogP contribution in [0.25, 0.3) is 0 Å². The monoisotopic (exact) mass is 138 g/mol. The molecule has 1 aromatic rings. The third-order valence-electron chi connectivity index (χ3n) is 1.04. The van der Waals surface area contributed by atoms with E-state index in [2.05, 4.69) is 10.2 Å². The van der Waals surface area contributed by atoms with Gasteiger partial charge in [0.2, 0.25) is 0 Å². The van der Waals surface area contributed by atoms with E-state index in [9.17, 15) is 4.91 Å². The summed E-state index contributed by atoms with van der Waals surface area (Å²) in [7, 11) is 0. The number of aromatic nitrogens is 1. The lowest BCUT2D eigenvalue weighted by molar-refractivity contribution is 0.472. The topological polar surface area (TPSA) is 62.5 Å². The molecule has 1 heterocycles. The SMILES string of the molecule is O=NCc1ccc(O)cn1.